The average molecular weight is 592 g/mol. The molecule has 0 saturated carbocycles. The molecular weight excluding hydrogens is 560 g/mol. The number of nitrogen functional groups attached to an aromatic ring is 1. The van der Waals surface area contributed by atoms with Crippen LogP contribution in [0.2, 0.25) is 0 Å². The fourth-order valence-electron chi connectivity index (χ4n) is 4.30. The standard InChI is InChI=1S/C26H31FN5O8P/c1-5-11-26(27)20(33)18(39-24(26)32-14-29-19-21(32)30-25(28)31-22(19)34)12-37-41(36,40-17-9-7-6-8-10-17)13-16(4)23(35)38-15(2)3/h6-10,14-16,18,20,24,33H,12-13H2,1-4H3,(H3,28,30,31,34)/t16-,18-,20+,24-,26?,41+/m1/s1. The van der Waals surface area contributed by atoms with E-state index in [0.29, 0.717) is 0 Å². The smallest absolute Gasteiger partial charge is 0.380 e. The predicted octanol–water partition coefficient (Wildman–Crippen LogP) is 2.57. The molecule has 3 aromatic rings. The first kappa shape index (κ1) is 30.2. The van der Waals surface area contributed by atoms with Crippen LogP contribution in [0.5, 0.6) is 5.75 Å². The number of nitrogens with one attached hydrogen (secondary N) is 1. The first-order valence-electron chi connectivity index (χ1n) is 12.7. The normalized spacial score (nSPS) is 24.4. The maximum Gasteiger partial charge on any atom is 0.380 e. The Morgan fingerprint density at radius 2 is 2.05 bits per heavy atom. The lowest BCUT2D eigenvalue weighted by atomic mass is 9.96. The van der Waals surface area contributed by atoms with E-state index >= 15 is 4.39 Å². The molecule has 13 nitrogen and oxygen atoms in total. The molecule has 1 saturated heterocycles. The molecule has 1 aliphatic heterocycles. The summed E-state index contributed by atoms with van der Waals surface area (Å²) in [4.78, 5) is 35.0. The summed E-state index contributed by atoms with van der Waals surface area (Å²) in [5.74, 6) is 3.26. The van der Waals surface area contributed by atoms with Crippen LogP contribution in [0, 0.1) is 17.8 Å². The van der Waals surface area contributed by atoms with Crippen molar-refractivity contribution < 1.29 is 37.4 Å². The van der Waals surface area contributed by atoms with Crippen LogP contribution in [0.15, 0.2) is 41.5 Å². The molecule has 1 aliphatic rings. The molecule has 0 bridgehead atoms. The largest absolute Gasteiger partial charge is 0.463 e. The van der Waals surface area contributed by atoms with Gasteiger partial charge in [-0.2, -0.15) is 4.98 Å². The number of nitrogens with zero attached hydrogens (tertiary/aromatic N) is 3. The van der Waals surface area contributed by atoms with Crippen molar-refractivity contribution in [2.24, 2.45) is 5.92 Å². The number of ether oxygens (including phenoxy) is 2. The Morgan fingerprint density at radius 3 is 2.71 bits per heavy atom. The molecule has 0 aliphatic carbocycles. The van der Waals surface area contributed by atoms with E-state index in [1.54, 1.807) is 44.2 Å². The number of rotatable bonds is 10. The highest BCUT2D eigenvalue weighted by molar-refractivity contribution is 7.54. The topological polar surface area (TPSA) is 181 Å². The number of fused-ring (bicyclic) bond motifs is 1. The van der Waals surface area contributed by atoms with E-state index in [2.05, 4.69) is 26.8 Å². The van der Waals surface area contributed by atoms with Crippen molar-refractivity contribution in [2.75, 3.05) is 18.5 Å². The van der Waals surface area contributed by atoms with Crippen molar-refractivity contribution >= 4 is 30.7 Å². The number of hydrogen-bond donors (Lipinski definition) is 3. The van der Waals surface area contributed by atoms with E-state index in [1.807, 2.05) is 0 Å². The summed E-state index contributed by atoms with van der Waals surface area (Å²) in [7, 11) is -4.11. The summed E-state index contributed by atoms with van der Waals surface area (Å²) in [6.45, 7) is 5.65. The Bertz CT molecular complexity index is 1570. The Hall–Kier alpha value is -3.76. The Labute approximate surface area is 234 Å². The van der Waals surface area contributed by atoms with Crippen molar-refractivity contribution in [2.45, 2.75) is 57.9 Å². The van der Waals surface area contributed by atoms with Crippen molar-refractivity contribution in [3.05, 3.63) is 47.0 Å². The first-order valence-corrected chi connectivity index (χ1v) is 14.5. The second-order valence-corrected chi connectivity index (χ2v) is 11.8. The number of H-pyrrole nitrogens is 1. The zero-order valence-electron chi connectivity index (χ0n) is 22.8. The third-order valence-electron chi connectivity index (χ3n) is 6.14. The third-order valence-corrected chi connectivity index (χ3v) is 8.17. The summed E-state index contributed by atoms with van der Waals surface area (Å²) >= 11 is 0. The molecule has 4 N–H and O–H groups in total. The molecule has 0 amide bonds. The van der Waals surface area contributed by atoms with E-state index in [1.165, 1.54) is 13.8 Å². The first-order chi connectivity index (χ1) is 19.4. The summed E-state index contributed by atoms with van der Waals surface area (Å²) in [5.41, 5.74) is 2.06. The molecule has 1 aromatic carbocycles. The fourth-order valence-corrected chi connectivity index (χ4v) is 6.17. The highest BCUT2D eigenvalue weighted by atomic mass is 31.2. The minimum atomic E-state index is -4.11. The average Bonchev–Trinajstić information content (AvgIpc) is 3.42. The number of aliphatic hydroxyl groups excluding tert-OH is 1. The quantitative estimate of drug-likeness (QED) is 0.179. The van der Waals surface area contributed by atoms with E-state index in [9.17, 15) is 19.3 Å². The number of hydrogen-bond acceptors (Lipinski definition) is 11. The van der Waals surface area contributed by atoms with Crippen molar-refractivity contribution in [3.8, 4) is 17.6 Å². The maximum absolute atomic E-state index is 16.4. The van der Waals surface area contributed by atoms with Gasteiger partial charge in [0.25, 0.3) is 5.56 Å². The SMILES string of the molecule is CC#CC1(F)[C@@H](O)[C@@H](CO[P@@](=O)(C[C@@H](C)C(=O)OC(C)C)Oc2ccccc2)O[C@H]1n1cnc2c(=O)[nH]c(N)nc21. The molecule has 220 valence electrons. The van der Waals surface area contributed by atoms with Gasteiger partial charge in [0.05, 0.1) is 31.1 Å². The van der Waals surface area contributed by atoms with E-state index in [-0.39, 0.29) is 29.0 Å². The molecule has 3 heterocycles. The second kappa shape index (κ2) is 12.0. The number of imidazole rings is 1. The van der Waals surface area contributed by atoms with Crippen LogP contribution >= 0.6 is 7.60 Å². The molecule has 4 rings (SSSR count). The van der Waals surface area contributed by atoms with Gasteiger partial charge in [0, 0.05) is 0 Å². The summed E-state index contributed by atoms with van der Waals surface area (Å²) < 4.78 is 53.8. The zero-order chi connectivity index (χ0) is 29.9. The summed E-state index contributed by atoms with van der Waals surface area (Å²) in [6, 6.07) is 8.16. The van der Waals surface area contributed by atoms with Gasteiger partial charge in [-0.15, -0.1) is 5.92 Å². The molecule has 0 spiro atoms. The monoisotopic (exact) mass is 591 g/mol. The molecule has 1 fully saturated rings. The van der Waals surface area contributed by atoms with Gasteiger partial charge in [0.2, 0.25) is 11.6 Å². The van der Waals surface area contributed by atoms with Crippen LogP contribution in [-0.2, 0) is 23.4 Å². The molecule has 41 heavy (non-hydrogen) atoms. The van der Waals surface area contributed by atoms with Crippen molar-refractivity contribution in [1.29, 1.82) is 0 Å². The number of esters is 1. The van der Waals surface area contributed by atoms with E-state index in [0.717, 1.165) is 10.9 Å². The number of alkyl halides is 1. The second-order valence-electron chi connectivity index (χ2n) is 9.77. The molecule has 6 atom stereocenters. The number of aliphatic hydroxyl groups is 1. The minimum absolute atomic E-state index is 0.0967. The van der Waals surface area contributed by atoms with Crippen LogP contribution < -0.4 is 15.8 Å². The summed E-state index contributed by atoms with van der Waals surface area (Å²) in [6.07, 6.45) is -4.58. The van der Waals surface area contributed by atoms with E-state index < -0.39 is 61.9 Å². The lowest BCUT2D eigenvalue weighted by Crippen LogP contribution is -2.42. The van der Waals surface area contributed by atoms with Crippen molar-refractivity contribution in [1.82, 2.24) is 19.5 Å². The van der Waals surface area contributed by atoms with Crippen LogP contribution in [0.4, 0.5) is 10.3 Å². The highest BCUT2D eigenvalue weighted by Crippen LogP contribution is 2.51. The molecule has 2 aromatic heterocycles. The third kappa shape index (κ3) is 6.44. The molecule has 15 heteroatoms. The fraction of sp³-hybridized carbons (Fsp3) is 0.462. The molecule has 0 radical (unpaired) electrons. The van der Waals surface area contributed by atoms with Gasteiger partial charge in [0.15, 0.2) is 17.4 Å². The lowest BCUT2D eigenvalue weighted by Gasteiger charge is -2.24. The number of anilines is 1. The Balaban J connectivity index is 1.62. The summed E-state index contributed by atoms with van der Waals surface area (Å²) in [5, 5.41) is 11.0. The van der Waals surface area contributed by atoms with Gasteiger partial charge in [-0.05, 0) is 32.9 Å². The van der Waals surface area contributed by atoms with E-state index in [4.69, 9.17) is 24.3 Å². The maximum atomic E-state index is 16.4. The van der Waals surface area contributed by atoms with Crippen molar-refractivity contribution in [3.63, 3.8) is 0 Å². The lowest BCUT2D eigenvalue weighted by molar-refractivity contribution is -0.151. The van der Waals surface area contributed by atoms with Crippen LogP contribution in [-0.4, -0.2) is 67.3 Å². The number of nitrogens with two attached hydrogens (primary N) is 1. The zero-order valence-corrected chi connectivity index (χ0v) is 23.7. The molecule has 1 unspecified atom stereocenters. The van der Waals surface area contributed by atoms with Gasteiger partial charge in [-0.25, -0.2) is 13.9 Å². The van der Waals surface area contributed by atoms with Gasteiger partial charge >= 0.3 is 13.6 Å². The predicted molar refractivity (Wildman–Crippen MR) is 146 cm³/mol. The van der Waals surface area contributed by atoms with Gasteiger partial charge < -0.3 is 24.8 Å². The van der Waals surface area contributed by atoms with Crippen LogP contribution in [0.1, 0.15) is 33.9 Å². The number of aromatic nitrogens is 4. The number of benzene rings is 1. The van der Waals surface area contributed by atoms with Gasteiger partial charge in [-0.3, -0.25) is 23.7 Å². The van der Waals surface area contributed by atoms with Gasteiger partial charge in [0.1, 0.15) is 18.0 Å². The van der Waals surface area contributed by atoms with Crippen LogP contribution in [0.3, 0.4) is 0 Å². The minimum Gasteiger partial charge on any atom is -0.463 e. The molecular formula is C26H31FN5O8P. The Kier molecular flexibility index (Phi) is 8.84. The Morgan fingerprint density at radius 1 is 1.34 bits per heavy atom. The number of aromatic amines is 1. The number of para-hydroxylation sites is 1. The number of halogens is 1. The van der Waals surface area contributed by atoms with Crippen LogP contribution in [0.25, 0.3) is 11.2 Å². The number of carbonyl (C=O) groups excluding carboxylic acids is 1. The van der Waals surface area contributed by atoms with Gasteiger partial charge in [-0.1, -0.05) is 31.0 Å². The number of carbonyl (C=O) groups is 1. The highest BCUT2D eigenvalue weighted by Gasteiger charge is 2.58.